The van der Waals surface area contributed by atoms with Gasteiger partial charge in [-0.05, 0) is 23.6 Å². The number of hydrogen-bond acceptors (Lipinski definition) is 4. The molecule has 0 saturated heterocycles. The molecule has 1 atom stereocenters. The Bertz CT molecular complexity index is 781. The SMILES string of the molecule is C=C(C(=O)OC(C)OP(=O)(O)O)c1ccccc1-c1ccccc1. The molecule has 0 amide bonds. The van der Waals surface area contributed by atoms with Crippen molar-refractivity contribution in [2.75, 3.05) is 0 Å². The summed E-state index contributed by atoms with van der Waals surface area (Å²) < 4.78 is 19.9. The molecule has 0 aliphatic heterocycles. The fourth-order valence-electron chi connectivity index (χ4n) is 2.16. The first kappa shape index (κ1) is 18.1. The molecule has 0 spiro atoms. The maximum Gasteiger partial charge on any atom is 0.472 e. The van der Waals surface area contributed by atoms with Gasteiger partial charge in [0.25, 0.3) is 0 Å². The van der Waals surface area contributed by atoms with Gasteiger partial charge in [0.1, 0.15) is 0 Å². The standard InChI is InChI=1S/C17H17O6P/c1-12(17(18)22-13(2)23-24(19,20)21)15-10-6-7-11-16(15)14-8-4-3-5-9-14/h3-11,13H,1H2,2H3,(H2,19,20,21). The smallest absolute Gasteiger partial charge is 0.432 e. The van der Waals surface area contributed by atoms with Crippen molar-refractivity contribution in [3.8, 4) is 11.1 Å². The second kappa shape index (κ2) is 7.55. The number of hydrogen-bond donors (Lipinski definition) is 2. The Hall–Kier alpha value is -2.24. The molecule has 0 fully saturated rings. The quantitative estimate of drug-likeness (QED) is 0.360. The normalized spacial score (nSPS) is 12.5. The number of phosphoric acid groups is 1. The first-order valence-electron chi connectivity index (χ1n) is 7.06. The van der Waals surface area contributed by atoms with Gasteiger partial charge in [-0.3, -0.25) is 0 Å². The molecule has 7 heteroatoms. The van der Waals surface area contributed by atoms with Crippen molar-refractivity contribution < 1.29 is 28.4 Å². The first-order valence-corrected chi connectivity index (χ1v) is 8.59. The predicted molar refractivity (Wildman–Crippen MR) is 89.6 cm³/mol. The minimum atomic E-state index is -4.74. The Morgan fingerprint density at radius 1 is 1.08 bits per heavy atom. The van der Waals surface area contributed by atoms with Crippen LogP contribution in [0.25, 0.3) is 16.7 Å². The molecule has 0 aliphatic carbocycles. The highest BCUT2D eigenvalue weighted by Gasteiger charge is 2.23. The van der Waals surface area contributed by atoms with Gasteiger partial charge in [0, 0.05) is 0 Å². The van der Waals surface area contributed by atoms with Gasteiger partial charge in [-0.2, -0.15) is 0 Å². The van der Waals surface area contributed by atoms with Crippen LogP contribution in [-0.4, -0.2) is 22.0 Å². The molecule has 6 nitrogen and oxygen atoms in total. The highest BCUT2D eigenvalue weighted by molar-refractivity contribution is 7.46. The third-order valence-electron chi connectivity index (χ3n) is 3.14. The van der Waals surface area contributed by atoms with Crippen molar-refractivity contribution in [3.63, 3.8) is 0 Å². The lowest BCUT2D eigenvalue weighted by Crippen LogP contribution is -2.18. The lowest BCUT2D eigenvalue weighted by Gasteiger charge is -2.16. The Labute approximate surface area is 139 Å². The number of esters is 1. The van der Waals surface area contributed by atoms with Gasteiger partial charge in [-0.1, -0.05) is 61.2 Å². The predicted octanol–water partition coefficient (Wildman–Crippen LogP) is 3.37. The molecule has 0 saturated carbocycles. The fourth-order valence-corrected chi connectivity index (χ4v) is 2.59. The molecule has 126 valence electrons. The van der Waals surface area contributed by atoms with Crippen molar-refractivity contribution in [2.45, 2.75) is 13.2 Å². The summed E-state index contributed by atoms with van der Waals surface area (Å²) in [6.07, 6.45) is -1.40. The molecule has 0 aromatic heterocycles. The monoisotopic (exact) mass is 348 g/mol. The van der Waals surface area contributed by atoms with E-state index in [9.17, 15) is 9.36 Å². The summed E-state index contributed by atoms with van der Waals surface area (Å²) in [5, 5.41) is 0. The average molecular weight is 348 g/mol. The van der Waals surface area contributed by atoms with Gasteiger partial charge in [-0.25, -0.2) is 13.9 Å². The van der Waals surface area contributed by atoms with E-state index >= 15 is 0 Å². The zero-order valence-electron chi connectivity index (χ0n) is 13.0. The molecule has 2 rings (SSSR count). The third-order valence-corrected chi connectivity index (χ3v) is 3.71. The summed E-state index contributed by atoms with van der Waals surface area (Å²) in [4.78, 5) is 29.6. The van der Waals surface area contributed by atoms with Crippen LogP contribution in [0, 0.1) is 0 Å². The molecule has 0 radical (unpaired) electrons. The zero-order valence-corrected chi connectivity index (χ0v) is 13.8. The summed E-state index contributed by atoms with van der Waals surface area (Å²) in [7, 11) is -4.74. The van der Waals surface area contributed by atoms with E-state index in [4.69, 9.17) is 14.5 Å². The lowest BCUT2D eigenvalue weighted by molar-refractivity contribution is -0.155. The van der Waals surface area contributed by atoms with Crippen LogP contribution < -0.4 is 0 Å². The van der Waals surface area contributed by atoms with Gasteiger partial charge < -0.3 is 14.5 Å². The van der Waals surface area contributed by atoms with Gasteiger partial charge >= 0.3 is 13.8 Å². The summed E-state index contributed by atoms with van der Waals surface area (Å²) in [6.45, 7) is 4.95. The molecule has 2 N–H and O–H groups in total. The molecular weight excluding hydrogens is 331 g/mol. The molecule has 1 unspecified atom stereocenters. The van der Waals surface area contributed by atoms with Crippen LogP contribution in [0.15, 0.2) is 61.2 Å². The van der Waals surface area contributed by atoms with Gasteiger partial charge in [0.05, 0.1) is 5.57 Å². The number of ether oxygens (including phenoxy) is 1. The van der Waals surface area contributed by atoms with Crippen LogP contribution in [0.1, 0.15) is 12.5 Å². The minimum Gasteiger partial charge on any atom is -0.432 e. The van der Waals surface area contributed by atoms with Crippen LogP contribution in [0.3, 0.4) is 0 Å². The largest absolute Gasteiger partial charge is 0.472 e. The maximum atomic E-state index is 12.2. The summed E-state index contributed by atoms with van der Waals surface area (Å²) in [5.41, 5.74) is 2.33. The van der Waals surface area contributed by atoms with Gasteiger partial charge in [-0.15, -0.1) is 0 Å². The highest BCUT2D eigenvalue weighted by atomic mass is 31.2. The lowest BCUT2D eigenvalue weighted by atomic mass is 9.95. The van der Waals surface area contributed by atoms with Crippen molar-refractivity contribution >= 4 is 19.4 Å². The van der Waals surface area contributed by atoms with E-state index in [1.165, 1.54) is 6.92 Å². The Kier molecular flexibility index (Phi) is 5.70. The molecule has 0 heterocycles. The van der Waals surface area contributed by atoms with Crippen molar-refractivity contribution in [1.29, 1.82) is 0 Å². The molecule has 2 aromatic carbocycles. The zero-order chi connectivity index (χ0) is 17.7. The molecule has 24 heavy (non-hydrogen) atoms. The van der Waals surface area contributed by atoms with Crippen molar-refractivity contribution in [1.82, 2.24) is 0 Å². The Morgan fingerprint density at radius 2 is 1.67 bits per heavy atom. The highest BCUT2D eigenvalue weighted by Crippen LogP contribution is 2.38. The second-order valence-corrected chi connectivity index (χ2v) is 6.15. The van der Waals surface area contributed by atoms with E-state index < -0.39 is 20.1 Å². The number of phosphoric ester groups is 1. The topological polar surface area (TPSA) is 93.1 Å². The van der Waals surface area contributed by atoms with E-state index in [1.807, 2.05) is 42.5 Å². The van der Waals surface area contributed by atoms with E-state index in [2.05, 4.69) is 11.1 Å². The number of carbonyl (C=O) groups is 1. The number of benzene rings is 2. The van der Waals surface area contributed by atoms with Crippen LogP contribution in [0.5, 0.6) is 0 Å². The third kappa shape index (κ3) is 4.88. The van der Waals surface area contributed by atoms with E-state index in [0.717, 1.165) is 11.1 Å². The van der Waals surface area contributed by atoms with Gasteiger partial charge in [0.15, 0.2) is 0 Å². The summed E-state index contributed by atoms with van der Waals surface area (Å²) >= 11 is 0. The molecular formula is C17H17O6P. The van der Waals surface area contributed by atoms with E-state index in [1.54, 1.807) is 12.1 Å². The Morgan fingerprint density at radius 3 is 2.29 bits per heavy atom. The average Bonchev–Trinajstić information content (AvgIpc) is 2.53. The van der Waals surface area contributed by atoms with Gasteiger partial charge in [0.2, 0.25) is 6.29 Å². The summed E-state index contributed by atoms with van der Waals surface area (Å²) in [5.74, 6) is -0.820. The Balaban J connectivity index is 2.21. The van der Waals surface area contributed by atoms with E-state index in [-0.39, 0.29) is 5.57 Å². The fraction of sp³-hybridized carbons (Fsp3) is 0.118. The van der Waals surface area contributed by atoms with Crippen LogP contribution in [0.4, 0.5) is 0 Å². The second-order valence-electron chi connectivity index (χ2n) is 4.96. The minimum absolute atomic E-state index is 0.0654. The molecule has 0 aliphatic rings. The number of carbonyl (C=O) groups excluding carboxylic acids is 1. The first-order chi connectivity index (χ1) is 11.3. The van der Waals surface area contributed by atoms with Crippen LogP contribution in [0.2, 0.25) is 0 Å². The van der Waals surface area contributed by atoms with Crippen LogP contribution >= 0.6 is 7.82 Å². The van der Waals surface area contributed by atoms with Crippen LogP contribution in [-0.2, 0) is 18.6 Å². The van der Waals surface area contributed by atoms with Crippen molar-refractivity contribution in [3.05, 3.63) is 66.7 Å². The van der Waals surface area contributed by atoms with Crippen molar-refractivity contribution in [2.24, 2.45) is 0 Å². The molecule has 2 aromatic rings. The summed E-state index contributed by atoms with van der Waals surface area (Å²) in [6, 6.07) is 16.6. The molecule has 0 bridgehead atoms. The number of rotatable bonds is 6. The maximum absolute atomic E-state index is 12.2. The van der Waals surface area contributed by atoms with E-state index in [0.29, 0.717) is 5.56 Å².